The molecule has 0 spiro atoms. The fraction of sp³-hybridized carbons (Fsp3) is 0.625. The van der Waals surface area contributed by atoms with Gasteiger partial charge in [0.1, 0.15) is 5.75 Å². The van der Waals surface area contributed by atoms with Crippen LogP contribution in [0.4, 0.5) is 0 Å². The molecule has 0 bridgehead atoms. The van der Waals surface area contributed by atoms with Gasteiger partial charge in [-0.1, -0.05) is 6.07 Å². The lowest BCUT2D eigenvalue weighted by molar-refractivity contribution is 0.398. The van der Waals surface area contributed by atoms with Gasteiger partial charge in [0.2, 0.25) is 0 Å². The Labute approximate surface area is 111 Å². The number of rotatable bonds is 6. The molecule has 0 heterocycles. The van der Waals surface area contributed by atoms with Crippen LogP contribution in [0.25, 0.3) is 0 Å². The summed E-state index contributed by atoms with van der Waals surface area (Å²) in [5.41, 5.74) is 4.11. The number of hydrogen-bond acceptors (Lipinski definition) is 2. The van der Waals surface area contributed by atoms with Crippen LogP contribution in [-0.4, -0.2) is 20.7 Å². The van der Waals surface area contributed by atoms with Gasteiger partial charge >= 0.3 is 0 Å². The van der Waals surface area contributed by atoms with Crippen molar-refractivity contribution in [2.45, 2.75) is 39.0 Å². The van der Waals surface area contributed by atoms with Gasteiger partial charge in [-0.2, -0.15) is 0 Å². The Kier molecular flexibility index (Phi) is 4.28. The molecule has 2 heteroatoms. The summed E-state index contributed by atoms with van der Waals surface area (Å²) < 4.78 is 5.60. The molecule has 1 aromatic carbocycles. The monoisotopic (exact) mass is 247 g/mol. The highest BCUT2D eigenvalue weighted by Gasteiger charge is 2.33. The summed E-state index contributed by atoms with van der Waals surface area (Å²) >= 11 is 0. The lowest BCUT2D eigenvalue weighted by Crippen LogP contribution is -2.14. The van der Waals surface area contributed by atoms with Crippen LogP contribution in [0.5, 0.6) is 5.75 Å². The Balaban J connectivity index is 2.30. The van der Waals surface area contributed by atoms with Gasteiger partial charge in [0.25, 0.3) is 0 Å². The zero-order valence-electron chi connectivity index (χ0n) is 12.0. The van der Waals surface area contributed by atoms with Crippen LogP contribution in [0.15, 0.2) is 12.1 Å². The number of ether oxygens (including phenoxy) is 1. The third-order valence-corrected chi connectivity index (χ3v) is 4.14. The second-order valence-electron chi connectivity index (χ2n) is 5.51. The smallest absolute Gasteiger partial charge is 0.122 e. The van der Waals surface area contributed by atoms with Crippen molar-refractivity contribution in [2.24, 2.45) is 5.92 Å². The number of aryl methyl sites for hydroxylation is 2. The highest BCUT2D eigenvalue weighted by atomic mass is 16.5. The maximum Gasteiger partial charge on any atom is 0.122 e. The van der Waals surface area contributed by atoms with E-state index in [9.17, 15) is 0 Å². The van der Waals surface area contributed by atoms with E-state index in [1.807, 2.05) is 7.05 Å². The van der Waals surface area contributed by atoms with E-state index in [4.69, 9.17) is 4.74 Å². The third kappa shape index (κ3) is 2.86. The highest BCUT2D eigenvalue weighted by Crippen LogP contribution is 2.47. The summed E-state index contributed by atoms with van der Waals surface area (Å²) in [6.45, 7) is 5.43. The average Bonchev–Trinajstić information content (AvgIpc) is 3.18. The molecule has 1 aliphatic carbocycles. The van der Waals surface area contributed by atoms with Crippen molar-refractivity contribution >= 4 is 0 Å². The van der Waals surface area contributed by atoms with Crippen molar-refractivity contribution in [1.29, 1.82) is 0 Å². The summed E-state index contributed by atoms with van der Waals surface area (Å²) in [6, 6.07) is 4.53. The molecular weight excluding hydrogens is 222 g/mol. The number of hydrogen-bond donors (Lipinski definition) is 1. The molecule has 0 radical (unpaired) electrons. The topological polar surface area (TPSA) is 21.3 Å². The van der Waals surface area contributed by atoms with E-state index in [1.165, 1.54) is 36.0 Å². The minimum Gasteiger partial charge on any atom is -0.496 e. The maximum atomic E-state index is 5.60. The SMILES string of the molecule is CNCCC(c1cc(C)c(C)cc1OC)C1CC1. The second-order valence-corrected chi connectivity index (χ2v) is 5.51. The molecule has 0 aliphatic heterocycles. The summed E-state index contributed by atoms with van der Waals surface area (Å²) in [5.74, 6) is 2.60. The molecule has 1 N–H and O–H groups in total. The fourth-order valence-electron chi connectivity index (χ4n) is 2.72. The normalized spacial score (nSPS) is 16.7. The van der Waals surface area contributed by atoms with Gasteiger partial charge < -0.3 is 10.1 Å². The molecule has 0 amide bonds. The van der Waals surface area contributed by atoms with E-state index in [0.29, 0.717) is 5.92 Å². The molecule has 18 heavy (non-hydrogen) atoms. The van der Waals surface area contributed by atoms with Crippen LogP contribution >= 0.6 is 0 Å². The van der Waals surface area contributed by atoms with Crippen molar-refractivity contribution in [3.05, 3.63) is 28.8 Å². The minimum absolute atomic E-state index is 0.659. The quantitative estimate of drug-likeness (QED) is 0.831. The Bertz CT molecular complexity index is 410. The van der Waals surface area contributed by atoms with Crippen molar-refractivity contribution in [2.75, 3.05) is 20.7 Å². The molecule has 1 unspecified atom stereocenters. The molecule has 1 atom stereocenters. The number of methoxy groups -OCH3 is 1. The van der Waals surface area contributed by atoms with Crippen LogP contribution in [0, 0.1) is 19.8 Å². The van der Waals surface area contributed by atoms with Crippen molar-refractivity contribution in [1.82, 2.24) is 5.32 Å². The molecule has 100 valence electrons. The van der Waals surface area contributed by atoms with Crippen LogP contribution in [0.3, 0.4) is 0 Å². The molecule has 1 fully saturated rings. The van der Waals surface area contributed by atoms with E-state index in [1.54, 1.807) is 7.11 Å². The number of benzene rings is 1. The molecule has 0 saturated heterocycles. The van der Waals surface area contributed by atoms with Crippen LogP contribution in [-0.2, 0) is 0 Å². The molecule has 1 saturated carbocycles. The lowest BCUT2D eigenvalue weighted by Gasteiger charge is -2.21. The first-order valence-corrected chi connectivity index (χ1v) is 6.97. The largest absolute Gasteiger partial charge is 0.496 e. The summed E-state index contributed by atoms with van der Waals surface area (Å²) in [7, 11) is 3.82. The minimum atomic E-state index is 0.659. The first kappa shape index (κ1) is 13.4. The predicted octanol–water partition coefficient (Wildman–Crippen LogP) is 3.42. The van der Waals surface area contributed by atoms with Gasteiger partial charge in [-0.15, -0.1) is 0 Å². The third-order valence-electron chi connectivity index (χ3n) is 4.14. The van der Waals surface area contributed by atoms with E-state index in [0.717, 1.165) is 18.2 Å². The predicted molar refractivity (Wildman–Crippen MR) is 76.5 cm³/mol. The molecule has 1 aliphatic rings. The lowest BCUT2D eigenvalue weighted by atomic mass is 9.88. The zero-order valence-corrected chi connectivity index (χ0v) is 12.0. The Hall–Kier alpha value is -1.02. The summed E-state index contributed by atoms with van der Waals surface area (Å²) in [6.07, 6.45) is 3.97. The summed E-state index contributed by atoms with van der Waals surface area (Å²) in [5, 5.41) is 3.27. The standard InChI is InChI=1S/C16H25NO/c1-11-9-15(16(18-4)10-12(11)2)14(7-8-17-3)13-5-6-13/h9-10,13-14,17H,5-8H2,1-4H3. The van der Waals surface area contributed by atoms with Crippen molar-refractivity contribution in [3.63, 3.8) is 0 Å². The van der Waals surface area contributed by atoms with Gasteiger partial charge in [-0.25, -0.2) is 0 Å². The van der Waals surface area contributed by atoms with E-state index in [2.05, 4.69) is 31.3 Å². The van der Waals surface area contributed by atoms with Crippen molar-refractivity contribution in [3.8, 4) is 5.75 Å². The van der Waals surface area contributed by atoms with Crippen LogP contribution in [0.1, 0.15) is 41.9 Å². The zero-order chi connectivity index (χ0) is 13.1. The Morgan fingerprint density at radius 3 is 2.50 bits per heavy atom. The van der Waals surface area contributed by atoms with Crippen molar-refractivity contribution < 1.29 is 4.74 Å². The maximum absolute atomic E-state index is 5.60. The first-order chi connectivity index (χ1) is 8.67. The van der Waals surface area contributed by atoms with Gasteiger partial charge in [-0.05, 0) is 81.3 Å². The van der Waals surface area contributed by atoms with Crippen LogP contribution < -0.4 is 10.1 Å². The number of nitrogens with one attached hydrogen (secondary N) is 1. The molecule has 2 rings (SSSR count). The Morgan fingerprint density at radius 2 is 1.94 bits per heavy atom. The second kappa shape index (κ2) is 5.75. The van der Waals surface area contributed by atoms with E-state index >= 15 is 0 Å². The van der Waals surface area contributed by atoms with Gasteiger partial charge in [0.05, 0.1) is 7.11 Å². The summed E-state index contributed by atoms with van der Waals surface area (Å²) in [4.78, 5) is 0. The van der Waals surface area contributed by atoms with Gasteiger partial charge in [0, 0.05) is 0 Å². The van der Waals surface area contributed by atoms with E-state index < -0.39 is 0 Å². The highest BCUT2D eigenvalue weighted by molar-refractivity contribution is 5.44. The molecule has 1 aromatic rings. The Morgan fingerprint density at radius 1 is 1.28 bits per heavy atom. The average molecular weight is 247 g/mol. The molecule has 2 nitrogen and oxygen atoms in total. The van der Waals surface area contributed by atoms with E-state index in [-0.39, 0.29) is 0 Å². The fourth-order valence-corrected chi connectivity index (χ4v) is 2.72. The first-order valence-electron chi connectivity index (χ1n) is 6.97. The van der Waals surface area contributed by atoms with Gasteiger partial charge in [-0.3, -0.25) is 0 Å². The van der Waals surface area contributed by atoms with Crippen LogP contribution in [0.2, 0.25) is 0 Å². The molecule has 0 aromatic heterocycles. The van der Waals surface area contributed by atoms with Gasteiger partial charge in [0.15, 0.2) is 0 Å². The molecular formula is C16H25NO.